The third kappa shape index (κ3) is 2.85. The molecule has 1 heterocycles. The van der Waals surface area contributed by atoms with Gasteiger partial charge in [-0.3, -0.25) is 19.3 Å². The highest BCUT2D eigenvalue weighted by atomic mass is 16.2. The second-order valence-corrected chi connectivity index (χ2v) is 5.08. The van der Waals surface area contributed by atoms with Crippen LogP contribution in [0.5, 0.6) is 0 Å². The average molecular weight is 264 g/mol. The SMILES string of the molecule is CCCNC(=O)CCN1C(=O)[C@H]2CC=CC[C@@H]2C1=O. The molecule has 2 atom stereocenters. The van der Waals surface area contributed by atoms with Gasteiger partial charge in [0.2, 0.25) is 17.7 Å². The van der Waals surface area contributed by atoms with Gasteiger partial charge < -0.3 is 5.32 Å². The number of nitrogens with zero attached hydrogens (tertiary/aromatic N) is 1. The van der Waals surface area contributed by atoms with E-state index in [-0.39, 0.29) is 42.5 Å². The van der Waals surface area contributed by atoms with Crippen molar-refractivity contribution in [1.29, 1.82) is 0 Å². The standard InChI is InChI=1S/C14H20N2O3/c1-2-8-15-12(17)7-9-16-13(18)10-5-3-4-6-11(10)14(16)19/h3-4,10-11H,2,5-9H2,1H3,(H,15,17)/t10-,11-/m0/s1. The molecule has 1 aliphatic carbocycles. The Hall–Kier alpha value is -1.65. The van der Waals surface area contributed by atoms with Crippen LogP contribution in [-0.4, -0.2) is 35.7 Å². The van der Waals surface area contributed by atoms with Gasteiger partial charge in [-0.1, -0.05) is 19.1 Å². The molecule has 5 nitrogen and oxygen atoms in total. The number of likely N-dealkylation sites (tertiary alicyclic amines) is 1. The molecule has 19 heavy (non-hydrogen) atoms. The van der Waals surface area contributed by atoms with Crippen LogP contribution >= 0.6 is 0 Å². The Morgan fingerprint density at radius 3 is 2.37 bits per heavy atom. The molecule has 104 valence electrons. The summed E-state index contributed by atoms with van der Waals surface area (Å²) in [5.74, 6) is -0.715. The molecule has 0 unspecified atom stereocenters. The quantitative estimate of drug-likeness (QED) is 0.591. The fraction of sp³-hybridized carbons (Fsp3) is 0.643. The molecule has 1 aliphatic heterocycles. The summed E-state index contributed by atoms with van der Waals surface area (Å²) in [5, 5.41) is 2.75. The number of hydrogen-bond donors (Lipinski definition) is 1. The lowest BCUT2D eigenvalue weighted by Crippen LogP contribution is -2.35. The van der Waals surface area contributed by atoms with E-state index in [1.165, 1.54) is 4.90 Å². The number of imide groups is 1. The van der Waals surface area contributed by atoms with Crippen molar-refractivity contribution in [2.24, 2.45) is 11.8 Å². The zero-order valence-corrected chi connectivity index (χ0v) is 11.2. The van der Waals surface area contributed by atoms with Crippen molar-refractivity contribution < 1.29 is 14.4 Å². The van der Waals surface area contributed by atoms with Gasteiger partial charge in [-0.15, -0.1) is 0 Å². The number of allylic oxidation sites excluding steroid dienone is 2. The predicted octanol–water partition coefficient (Wildman–Crippen LogP) is 0.854. The molecule has 0 radical (unpaired) electrons. The number of rotatable bonds is 5. The van der Waals surface area contributed by atoms with Crippen LogP contribution < -0.4 is 5.32 Å². The molecule has 1 fully saturated rings. The van der Waals surface area contributed by atoms with Crippen LogP contribution in [-0.2, 0) is 14.4 Å². The highest BCUT2D eigenvalue weighted by Gasteiger charge is 2.46. The Kier molecular flexibility index (Phi) is 4.35. The minimum Gasteiger partial charge on any atom is -0.356 e. The number of fused-ring (bicyclic) bond motifs is 1. The number of amides is 3. The van der Waals surface area contributed by atoms with Crippen LogP contribution in [0.15, 0.2) is 12.2 Å². The summed E-state index contributed by atoms with van der Waals surface area (Å²) in [6.07, 6.45) is 6.29. The molecule has 0 saturated carbocycles. The first-order valence-electron chi connectivity index (χ1n) is 6.92. The van der Waals surface area contributed by atoms with Gasteiger partial charge in [0.1, 0.15) is 0 Å². The van der Waals surface area contributed by atoms with Crippen molar-refractivity contribution in [2.45, 2.75) is 32.6 Å². The molecule has 2 rings (SSSR count). The van der Waals surface area contributed by atoms with Crippen LogP contribution in [0.4, 0.5) is 0 Å². The zero-order chi connectivity index (χ0) is 13.8. The fourth-order valence-corrected chi connectivity index (χ4v) is 2.66. The highest BCUT2D eigenvalue weighted by Crippen LogP contribution is 2.34. The number of carbonyl (C=O) groups is 3. The third-order valence-corrected chi connectivity index (χ3v) is 3.73. The second-order valence-electron chi connectivity index (χ2n) is 5.08. The Balaban J connectivity index is 1.89. The molecule has 0 aromatic heterocycles. The Labute approximate surface area is 113 Å². The molecular weight excluding hydrogens is 244 g/mol. The lowest BCUT2D eigenvalue weighted by Gasteiger charge is -2.14. The van der Waals surface area contributed by atoms with E-state index in [0.29, 0.717) is 19.4 Å². The lowest BCUT2D eigenvalue weighted by atomic mass is 9.85. The fourth-order valence-electron chi connectivity index (χ4n) is 2.66. The molecule has 0 spiro atoms. The maximum absolute atomic E-state index is 12.1. The van der Waals surface area contributed by atoms with Gasteiger partial charge in [0.05, 0.1) is 11.8 Å². The van der Waals surface area contributed by atoms with Gasteiger partial charge in [-0.2, -0.15) is 0 Å². The maximum atomic E-state index is 12.1. The monoisotopic (exact) mass is 264 g/mol. The van der Waals surface area contributed by atoms with Crippen LogP contribution in [0, 0.1) is 11.8 Å². The molecule has 0 bridgehead atoms. The van der Waals surface area contributed by atoms with Gasteiger partial charge in [0.25, 0.3) is 0 Å². The average Bonchev–Trinajstić information content (AvgIpc) is 2.67. The van der Waals surface area contributed by atoms with Gasteiger partial charge in [0, 0.05) is 19.5 Å². The molecule has 1 N–H and O–H groups in total. The Morgan fingerprint density at radius 2 is 1.84 bits per heavy atom. The van der Waals surface area contributed by atoms with Crippen LogP contribution in [0.25, 0.3) is 0 Å². The summed E-state index contributed by atoms with van der Waals surface area (Å²) >= 11 is 0. The van der Waals surface area contributed by atoms with E-state index in [0.717, 1.165) is 6.42 Å². The van der Waals surface area contributed by atoms with E-state index < -0.39 is 0 Å². The summed E-state index contributed by atoms with van der Waals surface area (Å²) in [6, 6.07) is 0. The van der Waals surface area contributed by atoms with Crippen molar-refractivity contribution in [3.63, 3.8) is 0 Å². The Bertz CT molecular complexity index is 391. The lowest BCUT2D eigenvalue weighted by molar-refractivity contribution is -0.140. The predicted molar refractivity (Wildman–Crippen MR) is 70.0 cm³/mol. The smallest absolute Gasteiger partial charge is 0.233 e. The van der Waals surface area contributed by atoms with Crippen molar-refractivity contribution in [3.05, 3.63) is 12.2 Å². The molecule has 3 amide bonds. The van der Waals surface area contributed by atoms with Crippen molar-refractivity contribution in [3.8, 4) is 0 Å². The van der Waals surface area contributed by atoms with Crippen LogP contribution in [0.3, 0.4) is 0 Å². The summed E-state index contributed by atoms with van der Waals surface area (Å²) in [4.78, 5) is 37.0. The third-order valence-electron chi connectivity index (χ3n) is 3.73. The van der Waals surface area contributed by atoms with E-state index in [1.807, 2.05) is 19.1 Å². The molecule has 0 aromatic carbocycles. The largest absolute Gasteiger partial charge is 0.356 e. The van der Waals surface area contributed by atoms with E-state index in [9.17, 15) is 14.4 Å². The zero-order valence-electron chi connectivity index (χ0n) is 11.2. The first-order chi connectivity index (χ1) is 9.15. The summed E-state index contributed by atoms with van der Waals surface area (Å²) in [5.41, 5.74) is 0. The molecule has 5 heteroatoms. The normalized spacial score (nSPS) is 25.6. The molecule has 2 aliphatic rings. The first kappa shape index (κ1) is 13.8. The summed E-state index contributed by atoms with van der Waals surface area (Å²) in [7, 11) is 0. The van der Waals surface area contributed by atoms with E-state index >= 15 is 0 Å². The minimum absolute atomic E-state index is 0.101. The van der Waals surface area contributed by atoms with E-state index in [2.05, 4.69) is 5.32 Å². The van der Waals surface area contributed by atoms with Gasteiger partial charge in [-0.25, -0.2) is 0 Å². The number of hydrogen-bond acceptors (Lipinski definition) is 3. The topological polar surface area (TPSA) is 66.5 Å². The van der Waals surface area contributed by atoms with Crippen molar-refractivity contribution >= 4 is 17.7 Å². The Morgan fingerprint density at radius 1 is 1.26 bits per heavy atom. The van der Waals surface area contributed by atoms with Gasteiger partial charge >= 0.3 is 0 Å². The summed E-state index contributed by atoms with van der Waals surface area (Å²) < 4.78 is 0. The number of carbonyl (C=O) groups excluding carboxylic acids is 3. The first-order valence-corrected chi connectivity index (χ1v) is 6.92. The van der Waals surface area contributed by atoms with Crippen molar-refractivity contribution in [2.75, 3.05) is 13.1 Å². The molecular formula is C14H20N2O3. The van der Waals surface area contributed by atoms with Gasteiger partial charge in [-0.05, 0) is 19.3 Å². The highest BCUT2D eigenvalue weighted by molar-refractivity contribution is 6.05. The second kappa shape index (κ2) is 5.99. The number of nitrogens with one attached hydrogen (secondary N) is 1. The maximum Gasteiger partial charge on any atom is 0.233 e. The van der Waals surface area contributed by atoms with Crippen LogP contribution in [0.2, 0.25) is 0 Å². The van der Waals surface area contributed by atoms with E-state index in [4.69, 9.17) is 0 Å². The summed E-state index contributed by atoms with van der Waals surface area (Å²) in [6.45, 7) is 2.82. The van der Waals surface area contributed by atoms with Crippen LogP contribution in [0.1, 0.15) is 32.6 Å². The molecule has 0 aromatic rings. The molecule has 1 saturated heterocycles. The van der Waals surface area contributed by atoms with Gasteiger partial charge in [0.15, 0.2) is 0 Å². The van der Waals surface area contributed by atoms with E-state index in [1.54, 1.807) is 0 Å². The van der Waals surface area contributed by atoms with Crippen molar-refractivity contribution in [1.82, 2.24) is 10.2 Å². The minimum atomic E-state index is -0.198.